The Morgan fingerprint density at radius 2 is 2.06 bits per heavy atom. The molecule has 0 atom stereocenters. The predicted octanol–water partition coefficient (Wildman–Crippen LogP) is 4.75. The highest BCUT2D eigenvalue weighted by Crippen LogP contribution is 2.46. The van der Waals surface area contributed by atoms with E-state index in [2.05, 4.69) is 33.6 Å². The summed E-state index contributed by atoms with van der Waals surface area (Å²) in [5.41, 5.74) is 7.84. The summed E-state index contributed by atoms with van der Waals surface area (Å²) < 4.78 is 6.21. The summed E-state index contributed by atoms with van der Waals surface area (Å²) in [6.07, 6.45) is 3.89. The number of aryl methyl sites for hydroxylation is 1. The molecule has 0 aliphatic heterocycles. The minimum absolute atomic E-state index is 0.0796. The van der Waals surface area contributed by atoms with Gasteiger partial charge in [-0.1, -0.05) is 12.1 Å². The van der Waals surface area contributed by atoms with Crippen LogP contribution in [-0.4, -0.2) is 34.8 Å². The molecule has 0 saturated heterocycles. The number of fused-ring (bicyclic) bond motifs is 3. The standard InChI is InChI=1S/C25H27N3O3/c1-3-27-31-18-6-4-5-17(12-18)19-7-8-21(30-15-25(14-29)9-10-25)23-22(19)20-11-16(2)13-26-24(20)28-23/h4-8,11-13,27,29H,3,9-10,14-15H2,1-2H3,(H,26,28). The van der Waals surface area contributed by atoms with Gasteiger partial charge in [0.05, 0.1) is 18.7 Å². The number of aliphatic hydroxyl groups is 1. The van der Waals surface area contributed by atoms with Crippen LogP contribution in [0.2, 0.25) is 0 Å². The third kappa shape index (κ3) is 3.73. The number of hydrogen-bond donors (Lipinski definition) is 3. The quantitative estimate of drug-likeness (QED) is 0.361. The molecule has 1 aliphatic carbocycles. The van der Waals surface area contributed by atoms with Crippen LogP contribution in [0.1, 0.15) is 25.3 Å². The molecule has 0 amide bonds. The molecule has 0 radical (unpaired) electrons. The number of aromatic amines is 1. The molecule has 5 rings (SSSR count). The zero-order valence-electron chi connectivity index (χ0n) is 17.9. The van der Waals surface area contributed by atoms with E-state index in [-0.39, 0.29) is 12.0 Å². The molecule has 2 heterocycles. The lowest BCUT2D eigenvalue weighted by Crippen LogP contribution is -2.17. The summed E-state index contributed by atoms with van der Waals surface area (Å²) in [5.74, 6) is 1.55. The molecule has 1 fully saturated rings. The van der Waals surface area contributed by atoms with E-state index >= 15 is 0 Å². The van der Waals surface area contributed by atoms with E-state index in [1.54, 1.807) is 0 Å². The normalized spacial score (nSPS) is 14.8. The van der Waals surface area contributed by atoms with E-state index in [4.69, 9.17) is 9.57 Å². The second-order valence-electron chi connectivity index (χ2n) is 8.47. The molecule has 31 heavy (non-hydrogen) atoms. The van der Waals surface area contributed by atoms with Crippen molar-refractivity contribution in [2.24, 2.45) is 5.41 Å². The molecule has 2 aromatic heterocycles. The van der Waals surface area contributed by atoms with Gasteiger partial charge in [0.1, 0.15) is 17.1 Å². The first kappa shape index (κ1) is 19.8. The largest absolute Gasteiger partial charge is 0.491 e. The molecule has 0 spiro atoms. The maximum atomic E-state index is 9.66. The second-order valence-corrected chi connectivity index (χ2v) is 8.47. The predicted molar refractivity (Wildman–Crippen MR) is 122 cm³/mol. The van der Waals surface area contributed by atoms with Crippen molar-refractivity contribution in [1.29, 1.82) is 0 Å². The van der Waals surface area contributed by atoms with Gasteiger partial charge in [-0.3, -0.25) is 0 Å². The Bertz CT molecular complexity index is 1240. The number of ether oxygens (including phenoxy) is 1. The lowest BCUT2D eigenvalue weighted by molar-refractivity contribution is 0.147. The first-order chi connectivity index (χ1) is 15.1. The molecular formula is C25H27N3O3. The van der Waals surface area contributed by atoms with Gasteiger partial charge in [-0.15, -0.1) is 0 Å². The lowest BCUT2D eigenvalue weighted by Gasteiger charge is -2.15. The number of hydroxylamine groups is 1. The van der Waals surface area contributed by atoms with Gasteiger partial charge >= 0.3 is 0 Å². The Kier molecular flexibility index (Phi) is 5.04. The molecule has 0 bridgehead atoms. The van der Waals surface area contributed by atoms with Crippen molar-refractivity contribution in [1.82, 2.24) is 15.4 Å². The number of nitrogens with zero attached hydrogens (tertiary/aromatic N) is 1. The number of aromatic nitrogens is 2. The fourth-order valence-electron chi connectivity index (χ4n) is 3.96. The first-order valence-electron chi connectivity index (χ1n) is 10.8. The van der Waals surface area contributed by atoms with E-state index in [1.807, 2.05) is 44.3 Å². The van der Waals surface area contributed by atoms with Gasteiger partial charge in [-0.05, 0) is 73.7 Å². The smallest absolute Gasteiger partial charge is 0.147 e. The zero-order chi connectivity index (χ0) is 21.4. The van der Waals surface area contributed by atoms with Crippen LogP contribution in [0.5, 0.6) is 11.5 Å². The van der Waals surface area contributed by atoms with Gasteiger partial charge in [-0.2, -0.15) is 5.48 Å². The van der Waals surface area contributed by atoms with E-state index in [9.17, 15) is 5.11 Å². The zero-order valence-corrected chi connectivity index (χ0v) is 17.9. The molecule has 3 N–H and O–H groups in total. The molecule has 6 heteroatoms. The maximum absolute atomic E-state index is 9.66. The monoisotopic (exact) mass is 417 g/mol. The number of nitrogens with one attached hydrogen (secondary N) is 2. The average molecular weight is 418 g/mol. The number of pyridine rings is 1. The Labute approximate surface area is 181 Å². The number of benzene rings is 2. The van der Waals surface area contributed by atoms with E-state index < -0.39 is 0 Å². The molecule has 2 aromatic carbocycles. The Morgan fingerprint density at radius 3 is 2.84 bits per heavy atom. The Hall–Kier alpha value is -3.09. The summed E-state index contributed by atoms with van der Waals surface area (Å²) in [5, 5.41) is 11.8. The van der Waals surface area contributed by atoms with Crippen LogP contribution in [0.25, 0.3) is 33.1 Å². The van der Waals surface area contributed by atoms with Gasteiger partial charge in [0.2, 0.25) is 0 Å². The lowest BCUT2D eigenvalue weighted by atomic mass is 9.99. The van der Waals surface area contributed by atoms with Crippen LogP contribution >= 0.6 is 0 Å². The van der Waals surface area contributed by atoms with Gasteiger partial charge in [0.25, 0.3) is 0 Å². The van der Waals surface area contributed by atoms with E-state index in [1.165, 1.54) is 0 Å². The molecule has 160 valence electrons. The number of rotatable bonds is 8. The SMILES string of the molecule is CCNOc1cccc(-c2ccc(OCC3(CO)CC3)c3[nH]c4ncc(C)cc4c23)c1. The van der Waals surface area contributed by atoms with Crippen molar-refractivity contribution in [3.8, 4) is 22.6 Å². The first-order valence-corrected chi connectivity index (χ1v) is 10.8. The van der Waals surface area contributed by atoms with Crippen LogP contribution in [0.15, 0.2) is 48.7 Å². The molecule has 4 aromatic rings. The summed E-state index contributed by atoms with van der Waals surface area (Å²) >= 11 is 0. The molecule has 1 saturated carbocycles. The summed E-state index contributed by atoms with van der Waals surface area (Å²) in [7, 11) is 0. The van der Waals surface area contributed by atoms with Crippen molar-refractivity contribution in [3.63, 3.8) is 0 Å². The van der Waals surface area contributed by atoms with Gasteiger partial charge in [-0.25, -0.2) is 4.98 Å². The third-order valence-electron chi connectivity index (χ3n) is 6.01. The van der Waals surface area contributed by atoms with Gasteiger partial charge < -0.3 is 19.7 Å². The van der Waals surface area contributed by atoms with E-state index in [0.29, 0.717) is 6.61 Å². The van der Waals surface area contributed by atoms with Crippen molar-refractivity contribution in [2.75, 3.05) is 19.8 Å². The van der Waals surface area contributed by atoms with Crippen molar-refractivity contribution in [3.05, 3.63) is 54.2 Å². The average Bonchev–Trinajstić information content (AvgIpc) is 3.49. The van der Waals surface area contributed by atoms with Gasteiger partial charge in [0, 0.05) is 28.9 Å². The molecule has 1 aliphatic rings. The number of aliphatic hydroxyl groups excluding tert-OH is 1. The maximum Gasteiger partial charge on any atom is 0.147 e. The van der Waals surface area contributed by atoms with Crippen LogP contribution < -0.4 is 15.1 Å². The highest BCUT2D eigenvalue weighted by Gasteiger charge is 2.43. The summed E-state index contributed by atoms with van der Waals surface area (Å²) in [4.78, 5) is 13.7. The van der Waals surface area contributed by atoms with Crippen LogP contribution in [0.3, 0.4) is 0 Å². The van der Waals surface area contributed by atoms with Crippen LogP contribution in [-0.2, 0) is 0 Å². The number of hydrogen-bond acceptors (Lipinski definition) is 5. The summed E-state index contributed by atoms with van der Waals surface area (Å²) in [6.45, 7) is 5.46. The van der Waals surface area contributed by atoms with Crippen molar-refractivity contribution in [2.45, 2.75) is 26.7 Å². The molecule has 0 unspecified atom stereocenters. The van der Waals surface area contributed by atoms with Gasteiger partial charge in [0.15, 0.2) is 0 Å². The minimum Gasteiger partial charge on any atom is -0.491 e. The van der Waals surface area contributed by atoms with Crippen LogP contribution in [0, 0.1) is 12.3 Å². The van der Waals surface area contributed by atoms with Crippen molar-refractivity contribution >= 4 is 21.9 Å². The second kappa shape index (κ2) is 7.87. The highest BCUT2D eigenvalue weighted by molar-refractivity contribution is 6.15. The number of H-pyrrole nitrogens is 1. The minimum atomic E-state index is -0.0796. The fraction of sp³-hybridized carbons (Fsp3) is 0.320. The highest BCUT2D eigenvalue weighted by atomic mass is 16.6. The Balaban J connectivity index is 1.64. The fourth-order valence-corrected chi connectivity index (χ4v) is 3.96. The van der Waals surface area contributed by atoms with Crippen molar-refractivity contribution < 1.29 is 14.7 Å². The third-order valence-corrected chi connectivity index (χ3v) is 6.01. The Morgan fingerprint density at radius 1 is 1.19 bits per heavy atom. The molecular weight excluding hydrogens is 390 g/mol. The van der Waals surface area contributed by atoms with Crippen LogP contribution in [0.4, 0.5) is 0 Å². The topological polar surface area (TPSA) is 79.4 Å². The molecule has 6 nitrogen and oxygen atoms in total. The summed E-state index contributed by atoms with van der Waals surface area (Å²) in [6, 6.07) is 14.3. The van der Waals surface area contributed by atoms with E-state index in [0.717, 1.165) is 69.5 Å².